The smallest absolute Gasteiger partial charge is 0.135 e. The average molecular weight is 368 g/mol. The quantitative estimate of drug-likeness (QED) is 0.511. The minimum absolute atomic E-state index is 0.247. The van der Waals surface area contributed by atoms with Crippen molar-refractivity contribution < 1.29 is 9.13 Å². The molecule has 0 atom stereocenters. The fourth-order valence-corrected chi connectivity index (χ4v) is 2.68. The van der Waals surface area contributed by atoms with Gasteiger partial charge < -0.3 is 4.74 Å². The molecule has 2 heteroatoms. The van der Waals surface area contributed by atoms with E-state index in [2.05, 4.69) is 23.7 Å². The second kappa shape index (κ2) is 8.47. The van der Waals surface area contributed by atoms with Crippen LogP contribution in [0.5, 0.6) is 5.75 Å². The molecule has 0 aliphatic heterocycles. The van der Waals surface area contributed by atoms with Crippen LogP contribution in [0, 0.1) is 50.3 Å². The first-order valence-electron chi connectivity index (χ1n) is 9.02. The zero-order valence-electron chi connectivity index (χ0n) is 16.5. The van der Waals surface area contributed by atoms with Gasteiger partial charge >= 0.3 is 0 Å². The van der Waals surface area contributed by atoms with Crippen molar-refractivity contribution in [2.75, 3.05) is 7.11 Å². The molecule has 0 radical (unpaired) electrons. The molecule has 3 aromatic rings. The predicted molar refractivity (Wildman–Crippen MR) is 112 cm³/mol. The van der Waals surface area contributed by atoms with E-state index in [0.29, 0.717) is 16.9 Å². The van der Waals surface area contributed by atoms with E-state index in [0.717, 1.165) is 22.3 Å². The van der Waals surface area contributed by atoms with Crippen LogP contribution in [0.25, 0.3) is 0 Å². The summed E-state index contributed by atoms with van der Waals surface area (Å²) in [5.41, 5.74) is 6.05. The Morgan fingerprint density at radius 2 is 1.32 bits per heavy atom. The molecule has 0 N–H and O–H groups in total. The topological polar surface area (TPSA) is 9.23 Å². The molecule has 0 unspecified atom stereocenters. The average Bonchev–Trinajstić information content (AvgIpc) is 2.69. The van der Waals surface area contributed by atoms with Crippen LogP contribution in [-0.4, -0.2) is 7.11 Å². The summed E-state index contributed by atoms with van der Waals surface area (Å²) in [7, 11) is 1.62. The molecule has 1 nitrogen and oxygen atoms in total. The third kappa shape index (κ3) is 4.61. The summed E-state index contributed by atoms with van der Waals surface area (Å²) in [6.07, 6.45) is 0. The van der Waals surface area contributed by atoms with Gasteiger partial charge in [-0.25, -0.2) is 4.39 Å². The van der Waals surface area contributed by atoms with E-state index < -0.39 is 0 Å². The molecule has 0 spiro atoms. The van der Waals surface area contributed by atoms with Crippen molar-refractivity contribution >= 4 is 0 Å². The zero-order valence-corrected chi connectivity index (χ0v) is 16.5. The van der Waals surface area contributed by atoms with Crippen LogP contribution in [0.4, 0.5) is 4.39 Å². The number of halogens is 1. The van der Waals surface area contributed by atoms with Crippen LogP contribution < -0.4 is 4.74 Å². The Kier molecular flexibility index (Phi) is 5.83. The van der Waals surface area contributed by atoms with E-state index in [9.17, 15) is 4.39 Å². The molecule has 0 bridgehead atoms. The molecule has 3 aromatic carbocycles. The minimum atomic E-state index is -0.247. The predicted octanol–water partition coefficient (Wildman–Crippen LogP) is 5.56. The highest BCUT2D eigenvalue weighted by atomic mass is 19.1. The maximum atomic E-state index is 13.7. The minimum Gasteiger partial charge on any atom is -0.495 e. The second-order valence-electron chi connectivity index (χ2n) is 6.70. The van der Waals surface area contributed by atoms with Gasteiger partial charge in [-0.1, -0.05) is 47.4 Å². The van der Waals surface area contributed by atoms with Crippen molar-refractivity contribution in [1.82, 2.24) is 0 Å². The Hall–Kier alpha value is -3.49. The molecule has 0 fully saturated rings. The van der Waals surface area contributed by atoms with Crippen molar-refractivity contribution in [2.45, 2.75) is 20.8 Å². The summed E-state index contributed by atoms with van der Waals surface area (Å²) >= 11 is 0. The Labute approximate surface area is 166 Å². The number of ether oxygens (including phenoxy) is 1. The molecular weight excluding hydrogens is 347 g/mol. The molecule has 0 saturated heterocycles. The lowest BCUT2D eigenvalue weighted by Crippen LogP contribution is -1.93. The molecule has 0 heterocycles. The van der Waals surface area contributed by atoms with E-state index in [1.54, 1.807) is 20.1 Å². The van der Waals surface area contributed by atoms with Crippen LogP contribution in [0.2, 0.25) is 0 Å². The van der Waals surface area contributed by atoms with Gasteiger partial charge in [-0.2, -0.15) is 0 Å². The summed E-state index contributed by atoms with van der Waals surface area (Å²) in [6.45, 7) is 5.77. The van der Waals surface area contributed by atoms with E-state index in [4.69, 9.17) is 4.74 Å². The number of aryl methyl sites for hydroxylation is 3. The summed E-state index contributed by atoms with van der Waals surface area (Å²) in [4.78, 5) is 0. The van der Waals surface area contributed by atoms with Crippen molar-refractivity contribution in [3.05, 3.63) is 99.4 Å². The SMILES string of the molecule is COc1cc(C#Cc2ccc(C)c(F)c2)c(C)cc1C#Cc1ccc(C)cc1. The Morgan fingerprint density at radius 1 is 0.679 bits per heavy atom. The highest BCUT2D eigenvalue weighted by Gasteiger charge is 2.05. The first kappa shape index (κ1) is 19.3. The maximum Gasteiger partial charge on any atom is 0.135 e. The van der Waals surface area contributed by atoms with Crippen molar-refractivity contribution in [2.24, 2.45) is 0 Å². The fraction of sp³-hybridized carbons (Fsp3) is 0.154. The Bertz CT molecular complexity index is 1130. The lowest BCUT2D eigenvalue weighted by atomic mass is 10.0. The van der Waals surface area contributed by atoms with Crippen LogP contribution in [0.1, 0.15) is 38.9 Å². The lowest BCUT2D eigenvalue weighted by Gasteiger charge is -2.07. The van der Waals surface area contributed by atoms with Crippen LogP contribution in [0.15, 0.2) is 54.6 Å². The number of benzene rings is 3. The van der Waals surface area contributed by atoms with Crippen LogP contribution in [0.3, 0.4) is 0 Å². The highest BCUT2D eigenvalue weighted by molar-refractivity contribution is 5.57. The summed E-state index contributed by atoms with van der Waals surface area (Å²) in [6, 6.07) is 16.9. The molecule has 0 saturated carbocycles. The number of methoxy groups -OCH3 is 1. The van der Waals surface area contributed by atoms with Gasteiger partial charge in [-0.3, -0.25) is 0 Å². The normalized spacial score (nSPS) is 9.75. The van der Waals surface area contributed by atoms with Crippen molar-refractivity contribution in [3.63, 3.8) is 0 Å². The number of hydrogen-bond acceptors (Lipinski definition) is 1. The van der Waals surface area contributed by atoms with Gasteiger partial charge in [0, 0.05) is 16.7 Å². The molecule has 0 aliphatic carbocycles. The molecular formula is C26H21FO. The van der Waals surface area contributed by atoms with E-state index in [1.807, 2.05) is 56.3 Å². The van der Waals surface area contributed by atoms with Crippen molar-refractivity contribution in [1.29, 1.82) is 0 Å². The summed E-state index contributed by atoms with van der Waals surface area (Å²) < 4.78 is 19.2. The fourth-order valence-electron chi connectivity index (χ4n) is 2.68. The van der Waals surface area contributed by atoms with Gasteiger partial charge in [-0.15, -0.1) is 0 Å². The van der Waals surface area contributed by atoms with Crippen LogP contribution >= 0.6 is 0 Å². The molecule has 0 aliphatic rings. The van der Waals surface area contributed by atoms with Crippen molar-refractivity contribution in [3.8, 4) is 29.4 Å². The first-order valence-corrected chi connectivity index (χ1v) is 9.02. The molecule has 3 rings (SSSR count). The second-order valence-corrected chi connectivity index (χ2v) is 6.70. The maximum absolute atomic E-state index is 13.7. The van der Waals surface area contributed by atoms with E-state index in [1.165, 1.54) is 11.6 Å². The summed E-state index contributed by atoms with van der Waals surface area (Å²) in [5, 5.41) is 0. The lowest BCUT2D eigenvalue weighted by molar-refractivity contribution is 0.413. The van der Waals surface area contributed by atoms with E-state index >= 15 is 0 Å². The van der Waals surface area contributed by atoms with Gasteiger partial charge in [0.15, 0.2) is 0 Å². The Morgan fingerprint density at radius 3 is 2.00 bits per heavy atom. The van der Waals surface area contributed by atoms with Gasteiger partial charge in [0.1, 0.15) is 11.6 Å². The zero-order chi connectivity index (χ0) is 20.1. The van der Waals surface area contributed by atoms with Crippen LogP contribution in [-0.2, 0) is 0 Å². The number of rotatable bonds is 1. The van der Waals surface area contributed by atoms with Gasteiger partial charge in [0.25, 0.3) is 0 Å². The highest BCUT2D eigenvalue weighted by Crippen LogP contribution is 2.22. The van der Waals surface area contributed by atoms with Gasteiger partial charge in [-0.05, 0) is 68.3 Å². The standard InChI is InChI=1S/C26H21FO/c1-18-5-8-21(9-6-18)11-14-24-15-20(3)23(17-26(24)28-4)13-12-22-10-7-19(2)25(27)16-22/h5-10,15-17H,1-4H3. The van der Waals surface area contributed by atoms with Gasteiger partial charge in [0.05, 0.1) is 12.7 Å². The third-order valence-corrected chi connectivity index (χ3v) is 4.45. The molecule has 138 valence electrons. The molecule has 28 heavy (non-hydrogen) atoms. The number of hydrogen-bond donors (Lipinski definition) is 0. The third-order valence-electron chi connectivity index (χ3n) is 4.45. The first-order chi connectivity index (χ1) is 13.5. The Balaban J connectivity index is 1.93. The summed E-state index contributed by atoms with van der Waals surface area (Å²) in [5.74, 6) is 12.9. The van der Waals surface area contributed by atoms with E-state index in [-0.39, 0.29) is 5.82 Å². The molecule has 0 amide bonds. The largest absolute Gasteiger partial charge is 0.495 e. The van der Waals surface area contributed by atoms with Gasteiger partial charge in [0.2, 0.25) is 0 Å². The molecule has 0 aromatic heterocycles. The monoisotopic (exact) mass is 368 g/mol.